The Morgan fingerprint density at radius 3 is 2.83 bits per heavy atom. The molecule has 0 heterocycles. The second-order valence-electron chi connectivity index (χ2n) is 2.44. The van der Waals surface area contributed by atoms with E-state index in [9.17, 15) is 9.59 Å². The molecule has 0 aliphatic heterocycles. The van der Waals surface area contributed by atoms with Crippen molar-refractivity contribution in [3.8, 4) is 0 Å². The number of isocyanates is 1. The first-order valence-corrected chi connectivity index (χ1v) is 4.09. The molecule has 0 N–H and O–H groups in total. The Morgan fingerprint density at radius 1 is 1.50 bits per heavy atom. The highest BCUT2D eigenvalue weighted by Crippen LogP contribution is 1.99. The maximum atomic E-state index is 10.6. The van der Waals surface area contributed by atoms with Crippen LogP contribution in [0, 0.1) is 0 Å². The zero-order valence-electron chi connectivity index (χ0n) is 7.25. The van der Waals surface area contributed by atoms with Crippen LogP contribution in [0.2, 0.25) is 0 Å². The third-order valence-corrected chi connectivity index (χ3v) is 1.39. The van der Waals surface area contributed by atoms with Crippen molar-refractivity contribution in [2.24, 2.45) is 4.99 Å². The van der Waals surface area contributed by atoms with Gasteiger partial charge >= 0.3 is 0 Å². The van der Waals surface area contributed by atoms with E-state index in [-0.39, 0.29) is 0 Å². The number of aliphatic imine (C=N–C) groups is 1. The van der Waals surface area contributed by atoms with Gasteiger partial charge in [-0.25, -0.2) is 4.79 Å². The van der Waals surface area contributed by atoms with Gasteiger partial charge in [-0.15, -0.1) is 4.99 Å². The highest BCUT2D eigenvalue weighted by molar-refractivity contribution is 5.91. The summed E-state index contributed by atoms with van der Waals surface area (Å²) in [6.07, 6.45) is 8.50. The molecule has 1 amide bonds. The average molecular weight is 167 g/mol. The molecule has 0 rings (SSSR count). The van der Waals surface area contributed by atoms with Gasteiger partial charge in [0.1, 0.15) is 0 Å². The van der Waals surface area contributed by atoms with Crippen molar-refractivity contribution < 1.29 is 9.59 Å². The van der Waals surface area contributed by atoms with Crippen LogP contribution in [-0.2, 0) is 9.59 Å². The predicted octanol–water partition coefficient (Wildman–Crippen LogP) is 1.99. The number of allylic oxidation sites excluding steroid dienone is 1. The number of rotatable bonds is 5. The van der Waals surface area contributed by atoms with Gasteiger partial charge in [-0.05, 0) is 12.8 Å². The Hall–Kier alpha value is -1.21. The molecule has 0 bridgehead atoms. The number of amides is 1. The van der Waals surface area contributed by atoms with Crippen molar-refractivity contribution in [3.63, 3.8) is 0 Å². The quantitative estimate of drug-likeness (QED) is 0.272. The van der Waals surface area contributed by atoms with Gasteiger partial charge in [0.2, 0.25) is 6.08 Å². The lowest BCUT2D eigenvalue weighted by Crippen LogP contribution is -1.84. The molecule has 12 heavy (non-hydrogen) atoms. The fraction of sp³-hybridized carbons (Fsp3) is 0.556. The fourth-order valence-electron chi connectivity index (χ4n) is 0.779. The second-order valence-corrected chi connectivity index (χ2v) is 2.44. The first-order valence-electron chi connectivity index (χ1n) is 4.09. The van der Waals surface area contributed by atoms with Gasteiger partial charge in [0.05, 0.1) is 0 Å². The van der Waals surface area contributed by atoms with Crippen LogP contribution in [0.1, 0.15) is 32.6 Å². The number of carbonyl (C=O) groups excluding carboxylic acids is 2. The molecule has 0 aromatic heterocycles. The number of nitrogens with zero attached hydrogens (tertiary/aromatic N) is 1. The number of carbonyl (C=O) groups is 1. The SMILES string of the molecule is CCCCC/C=C/C(=O)N=C=O. The maximum Gasteiger partial charge on any atom is 0.280 e. The van der Waals surface area contributed by atoms with Crippen molar-refractivity contribution in [1.29, 1.82) is 0 Å². The van der Waals surface area contributed by atoms with Gasteiger partial charge in [0, 0.05) is 6.08 Å². The minimum Gasteiger partial charge on any atom is -0.267 e. The van der Waals surface area contributed by atoms with Crippen LogP contribution >= 0.6 is 0 Å². The third kappa shape index (κ3) is 6.90. The van der Waals surface area contributed by atoms with E-state index < -0.39 is 5.91 Å². The van der Waals surface area contributed by atoms with Crippen LogP contribution in [0.25, 0.3) is 0 Å². The van der Waals surface area contributed by atoms with E-state index in [1.54, 1.807) is 6.08 Å². The first-order chi connectivity index (χ1) is 5.81. The Labute approximate surface area is 72.2 Å². The molecule has 0 aliphatic rings. The van der Waals surface area contributed by atoms with E-state index in [0.717, 1.165) is 25.7 Å². The Kier molecular flexibility index (Phi) is 7.10. The lowest BCUT2D eigenvalue weighted by atomic mass is 10.2. The molecule has 3 heteroatoms. The predicted molar refractivity (Wildman–Crippen MR) is 46.4 cm³/mol. The number of hydrogen-bond donors (Lipinski definition) is 0. The van der Waals surface area contributed by atoms with Gasteiger partial charge in [-0.3, -0.25) is 4.79 Å². The molecule has 0 aromatic carbocycles. The minimum atomic E-state index is -0.526. The second kappa shape index (κ2) is 7.89. The monoisotopic (exact) mass is 167 g/mol. The van der Waals surface area contributed by atoms with Crippen LogP contribution in [0.5, 0.6) is 0 Å². The molecule has 3 nitrogen and oxygen atoms in total. The van der Waals surface area contributed by atoms with Crippen molar-refractivity contribution in [1.82, 2.24) is 0 Å². The van der Waals surface area contributed by atoms with Crippen LogP contribution in [0.15, 0.2) is 17.1 Å². The average Bonchev–Trinajstić information content (AvgIpc) is 2.05. The molecule has 0 aliphatic carbocycles. The lowest BCUT2D eigenvalue weighted by Gasteiger charge is -1.89. The molecule has 0 atom stereocenters. The Morgan fingerprint density at radius 2 is 2.25 bits per heavy atom. The number of hydrogen-bond acceptors (Lipinski definition) is 2. The van der Waals surface area contributed by atoms with E-state index in [2.05, 4.69) is 11.9 Å². The molecule has 66 valence electrons. The minimum absolute atomic E-state index is 0.526. The van der Waals surface area contributed by atoms with E-state index in [1.807, 2.05) is 0 Å². The van der Waals surface area contributed by atoms with Crippen molar-refractivity contribution in [2.75, 3.05) is 0 Å². The topological polar surface area (TPSA) is 46.5 Å². The Balaban J connectivity index is 3.48. The summed E-state index contributed by atoms with van der Waals surface area (Å²) in [6.45, 7) is 2.12. The summed E-state index contributed by atoms with van der Waals surface area (Å²) in [6, 6.07) is 0. The summed E-state index contributed by atoms with van der Waals surface area (Å²) in [7, 11) is 0. The maximum absolute atomic E-state index is 10.6. The smallest absolute Gasteiger partial charge is 0.267 e. The Bertz CT molecular complexity index is 203. The van der Waals surface area contributed by atoms with E-state index in [0.29, 0.717) is 0 Å². The number of unbranched alkanes of at least 4 members (excludes halogenated alkanes) is 3. The van der Waals surface area contributed by atoms with Gasteiger partial charge < -0.3 is 0 Å². The van der Waals surface area contributed by atoms with Crippen molar-refractivity contribution in [3.05, 3.63) is 12.2 Å². The van der Waals surface area contributed by atoms with Crippen LogP contribution in [0.4, 0.5) is 0 Å². The first kappa shape index (κ1) is 10.8. The van der Waals surface area contributed by atoms with Gasteiger partial charge in [0.25, 0.3) is 5.91 Å². The van der Waals surface area contributed by atoms with E-state index >= 15 is 0 Å². The largest absolute Gasteiger partial charge is 0.280 e. The van der Waals surface area contributed by atoms with Crippen LogP contribution < -0.4 is 0 Å². The van der Waals surface area contributed by atoms with E-state index in [4.69, 9.17) is 0 Å². The molecular formula is C9H13NO2. The van der Waals surface area contributed by atoms with Crippen LogP contribution in [0.3, 0.4) is 0 Å². The standard InChI is InChI=1S/C9H13NO2/c1-2-3-4-5-6-7-9(12)10-8-11/h6-7H,2-5H2,1H3/b7-6+. The van der Waals surface area contributed by atoms with Crippen LogP contribution in [-0.4, -0.2) is 12.0 Å². The summed E-state index contributed by atoms with van der Waals surface area (Å²) in [4.78, 5) is 23.1. The van der Waals surface area contributed by atoms with Crippen molar-refractivity contribution in [2.45, 2.75) is 32.6 Å². The molecule has 0 saturated heterocycles. The summed E-state index contributed by atoms with van der Waals surface area (Å²) >= 11 is 0. The zero-order valence-corrected chi connectivity index (χ0v) is 7.25. The van der Waals surface area contributed by atoms with E-state index in [1.165, 1.54) is 12.2 Å². The summed E-state index contributed by atoms with van der Waals surface area (Å²) in [5.74, 6) is -0.526. The van der Waals surface area contributed by atoms with Gasteiger partial charge in [0.15, 0.2) is 0 Å². The fourth-order valence-corrected chi connectivity index (χ4v) is 0.779. The zero-order chi connectivity index (χ0) is 9.23. The molecule has 0 aromatic rings. The molecule has 0 saturated carbocycles. The normalized spacial score (nSPS) is 9.75. The molecule has 0 unspecified atom stereocenters. The van der Waals surface area contributed by atoms with Gasteiger partial charge in [-0.1, -0.05) is 25.8 Å². The van der Waals surface area contributed by atoms with Gasteiger partial charge in [-0.2, -0.15) is 0 Å². The molecular weight excluding hydrogens is 154 g/mol. The highest BCUT2D eigenvalue weighted by Gasteiger charge is 1.88. The summed E-state index contributed by atoms with van der Waals surface area (Å²) < 4.78 is 0. The lowest BCUT2D eigenvalue weighted by molar-refractivity contribution is -0.113. The van der Waals surface area contributed by atoms with Crippen molar-refractivity contribution >= 4 is 12.0 Å². The molecule has 0 spiro atoms. The molecule has 0 radical (unpaired) electrons. The third-order valence-electron chi connectivity index (χ3n) is 1.39. The summed E-state index contributed by atoms with van der Waals surface area (Å²) in [5.41, 5.74) is 0. The highest BCUT2D eigenvalue weighted by atomic mass is 16.2. The molecule has 0 fully saturated rings. The summed E-state index contributed by atoms with van der Waals surface area (Å²) in [5, 5.41) is 0.